The Balaban J connectivity index is 1.55. The van der Waals surface area contributed by atoms with Crippen molar-refractivity contribution in [3.05, 3.63) is 62.2 Å². The third-order valence-corrected chi connectivity index (χ3v) is 8.64. The van der Waals surface area contributed by atoms with Gasteiger partial charge in [0.25, 0.3) is 15.9 Å². The Labute approximate surface area is 173 Å². The lowest BCUT2D eigenvalue weighted by Crippen LogP contribution is -2.50. The number of nitrogens with one attached hydrogen (secondary N) is 1. The number of benzene rings is 1. The van der Waals surface area contributed by atoms with Crippen LogP contribution in [-0.4, -0.2) is 54.7 Å². The van der Waals surface area contributed by atoms with Gasteiger partial charge < -0.3 is 9.88 Å². The molecule has 0 unspecified atom stereocenters. The van der Waals surface area contributed by atoms with E-state index in [1.807, 2.05) is 0 Å². The summed E-state index contributed by atoms with van der Waals surface area (Å²) in [5, 5.41) is 0.672. The van der Waals surface area contributed by atoms with Crippen LogP contribution >= 0.6 is 27.3 Å². The van der Waals surface area contributed by atoms with Gasteiger partial charge in [-0.1, -0.05) is 18.2 Å². The molecule has 4 rings (SSSR count). The summed E-state index contributed by atoms with van der Waals surface area (Å²) in [7, 11) is -3.57. The first-order valence-electron chi connectivity index (χ1n) is 8.53. The summed E-state index contributed by atoms with van der Waals surface area (Å²) in [5.74, 6) is -0.266. The van der Waals surface area contributed by atoms with Crippen LogP contribution in [0.2, 0.25) is 0 Å². The first-order valence-corrected chi connectivity index (χ1v) is 11.6. The summed E-state index contributed by atoms with van der Waals surface area (Å²) < 4.78 is 27.9. The fraction of sp³-hybridized carbons (Fsp3) is 0.222. The van der Waals surface area contributed by atoms with E-state index in [0.717, 1.165) is 15.1 Å². The van der Waals surface area contributed by atoms with E-state index in [9.17, 15) is 18.0 Å². The Hall–Kier alpha value is -2.01. The first-order chi connectivity index (χ1) is 13.4. The third-order valence-electron chi connectivity index (χ3n) is 4.65. The van der Waals surface area contributed by atoms with Crippen LogP contribution in [0.4, 0.5) is 0 Å². The normalized spacial score (nSPS) is 15.8. The fourth-order valence-corrected chi connectivity index (χ4v) is 6.83. The van der Waals surface area contributed by atoms with Crippen LogP contribution < -0.4 is 5.56 Å². The number of halogens is 1. The molecule has 28 heavy (non-hydrogen) atoms. The zero-order valence-corrected chi connectivity index (χ0v) is 17.8. The molecule has 1 N–H and O–H groups in total. The number of carbonyl (C=O) groups excluding carboxylic acids is 1. The minimum atomic E-state index is -3.57. The molecular formula is C18H16BrN3O4S2. The number of nitrogens with zero attached hydrogens (tertiary/aromatic N) is 2. The number of hydrogen-bond acceptors (Lipinski definition) is 5. The van der Waals surface area contributed by atoms with E-state index in [0.29, 0.717) is 16.5 Å². The van der Waals surface area contributed by atoms with Gasteiger partial charge in [0.15, 0.2) is 0 Å². The lowest BCUT2D eigenvalue weighted by Gasteiger charge is -2.33. The zero-order chi connectivity index (χ0) is 19.9. The Kier molecular flexibility index (Phi) is 5.13. The average molecular weight is 482 g/mol. The van der Waals surface area contributed by atoms with Crippen LogP contribution in [-0.2, 0) is 10.0 Å². The van der Waals surface area contributed by atoms with Gasteiger partial charge in [0.2, 0.25) is 5.56 Å². The average Bonchev–Trinajstić information content (AvgIpc) is 3.14. The minimum Gasteiger partial charge on any atom is -0.336 e. The second-order valence-corrected chi connectivity index (χ2v) is 11.0. The van der Waals surface area contributed by atoms with E-state index in [2.05, 4.69) is 20.9 Å². The van der Waals surface area contributed by atoms with Crippen LogP contribution in [0.3, 0.4) is 0 Å². The quantitative estimate of drug-likeness (QED) is 0.621. The number of amides is 1. The molecule has 10 heteroatoms. The molecular weight excluding hydrogens is 466 g/mol. The molecule has 1 aromatic carbocycles. The number of hydrogen-bond donors (Lipinski definition) is 1. The van der Waals surface area contributed by atoms with Gasteiger partial charge >= 0.3 is 0 Å². The Morgan fingerprint density at radius 2 is 1.79 bits per heavy atom. The highest BCUT2D eigenvalue weighted by atomic mass is 79.9. The predicted octanol–water partition coefficient (Wildman–Crippen LogP) is 2.50. The molecule has 1 aliphatic rings. The van der Waals surface area contributed by atoms with Crippen LogP contribution in [0.15, 0.2) is 55.3 Å². The number of sulfonamides is 1. The van der Waals surface area contributed by atoms with E-state index in [1.54, 1.807) is 41.3 Å². The van der Waals surface area contributed by atoms with Crippen LogP contribution in [0.1, 0.15) is 10.4 Å². The molecule has 1 amide bonds. The van der Waals surface area contributed by atoms with Crippen molar-refractivity contribution in [2.75, 3.05) is 26.2 Å². The van der Waals surface area contributed by atoms with Crippen molar-refractivity contribution in [2.45, 2.75) is 4.21 Å². The van der Waals surface area contributed by atoms with Crippen LogP contribution in [0.5, 0.6) is 0 Å². The molecule has 0 bridgehead atoms. The zero-order valence-electron chi connectivity index (χ0n) is 14.6. The molecule has 3 heterocycles. The number of thiophene rings is 1. The van der Waals surface area contributed by atoms with Gasteiger partial charge in [0.1, 0.15) is 4.21 Å². The third kappa shape index (κ3) is 3.52. The molecule has 1 saturated heterocycles. The maximum Gasteiger partial charge on any atom is 0.254 e. The summed E-state index contributed by atoms with van der Waals surface area (Å²) >= 11 is 4.45. The highest BCUT2D eigenvalue weighted by Gasteiger charge is 2.31. The summed E-state index contributed by atoms with van der Waals surface area (Å²) in [5.41, 5.74) is 0.590. The van der Waals surface area contributed by atoms with Gasteiger partial charge in [-0.3, -0.25) is 9.59 Å². The number of para-hydroxylation sites is 1. The highest BCUT2D eigenvalue weighted by Crippen LogP contribution is 2.29. The summed E-state index contributed by atoms with van der Waals surface area (Å²) in [6, 6.07) is 11.7. The lowest BCUT2D eigenvalue weighted by molar-refractivity contribution is 0.0700. The molecule has 146 valence electrons. The molecule has 0 saturated carbocycles. The molecule has 1 fully saturated rings. The topological polar surface area (TPSA) is 90.6 Å². The van der Waals surface area contributed by atoms with E-state index < -0.39 is 10.0 Å². The monoisotopic (exact) mass is 481 g/mol. The summed E-state index contributed by atoms with van der Waals surface area (Å²) in [6.07, 6.45) is 0. The number of H-pyrrole nitrogens is 1. The van der Waals surface area contributed by atoms with E-state index >= 15 is 0 Å². The predicted molar refractivity (Wildman–Crippen MR) is 111 cm³/mol. The number of aromatic amines is 1. The van der Waals surface area contributed by atoms with Gasteiger partial charge in [0.05, 0.1) is 9.35 Å². The minimum absolute atomic E-state index is 0.213. The van der Waals surface area contributed by atoms with Crippen LogP contribution in [0.25, 0.3) is 10.9 Å². The molecule has 7 nitrogen and oxygen atoms in total. The Bertz CT molecular complexity index is 1210. The van der Waals surface area contributed by atoms with Crippen molar-refractivity contribution < 1.29 is 13.2 Å². The molecule has 0 aliphatic carbocycles. The summed E-state index contributed by atoms with van der Waals surface area (Å²) in [6.45, 7) is 0.965. The van der Waals surface area contributed by atoms with Crippen molar-refractivity contribution >= 4 is 54.1 Å². The Morgan fingerprint density at radius 3 is 2.46 bits per heavy atom. The number of piperazine rings is 1. The van der Waals surface area contributed by atoms with Gasteiger partial charge in [-0.2, -0.15) is 4.31 Å². The van der Waals surface area contributed by atoms with Gasteiger partial charge in [-0.15, -0.1) is 11.3 Å². The first kappa shape index (κ1) is 19.3. The van der Waals surface area contributed by atoms with Crippen molar-refractivity contribution in [3.63, 3.8) is 0 Å². The largest absolute Gasteiger partial charge is 0.336 e. The molecule has 0 atom stereocenters. The summed E-state index contributed by atoms with van der Waals surface area (Å²) in [4.78, 5) is 29.2. The van der Waals surface area contributed by atoms with Gasteiger partial charge in [-0.25, -0.2) is 8.42 Å². The molecule has 3 aromatic rings. The molecule has 1 aliphatic heterocycles. The maximum atomic E-state index is 13.0. The standard InChI is InChI=1S/C18H16BrN3O4S2/c19-15-5-6-17(27-15)28(25,26)22-9-7-21(8-10-22)18(24)13-11-16(23)20-14-4-2-1-3-12(13)14/h1-6,11H,7-10H2,(H,20,23). The molecule has 0 spiro atoms. The van der Waals surface area contributed by atoms with E-state index in [1.165, 1.54) is 10.4 Å². The number of carbonyl (C=O) groups is 1. The van der Waals surface area contributed by atoms with Gasteiger partial charge in [0, 0.05) is 43.1 Å². The van der Waals surface area contributed by atoms with E-state index in [-0.39, 0.29) is 41.9 Å². The van der Waals surface area contributed by atoms with Crippen molar-refractivity contribution in [2.24, 2.45) is 0 Å². The van der Waals surface area contributed by atoms with Crippen molar-refractivity contribution in [3.8, 4) is 0 Å². The lowest BCUT2D eigenvalue weighted by atomic mass is 10.1. The Morgan fingerprint density at radius 1 is 1.07 bits per heavy atom. The SMILES string of the molecule is O=C(c1cc(=O)[nH]c2ccccc12)N1CCN(S(=O)(=O)c2ccc(Br)s2)CC1. The number of rotatable bonds is 3. The molecule has 2 aromatic heterocycles. The highest BCUT2D eigenvalue weighted by molar-refractivity contribution is 9.11. The smallest absolute Gasteiger partial charge is 0.254 e. The van der Waals surface area contributed by atoms with Crippen molar-refractivity contribution in [1.82, 2.24) is 14.2 Å². The number of fused-ring (bicyclic) bond motifs is 1. The van der Waals surface area contributed by atoms with Crippen molar-refractivity contribution in [1.29, 1.82) is 0 Å². The second kappa shape index (κ2) is 7.43. The molecule has 0 radical (unpaired) electrons. The van der Waals surface area contributed by atoms with E-state index in [4.69, 9.17) is 0 Å². The maximum absolute atomic E-state index is 13.0. The van der Waals surface area contributed by atoms with Crippen LogP contribution in [0, 0.1) is 0 Å². The number of aromatic nitrogens is 1. The second-order valence-electron chi connectivity index (χ2n) is 6.35. The number of pyridine rings is 1. The van der Waals surface area contributed by atoms with Gasteiger partial charge in [-0.05, 0) is 34.1 Å². The fourth-order valence-electron chi connectivity index (χ4n) is 3.25.